The Morgan fingerprint density at radius 2 is 1.63 bits per heavy atom. The van der Waals surface area contributed by atoms with Crippen molar-refractivity contribution in [2.24, 2.45) is 7.05 Å². The lowest BCUT2D eigenvalue weighted by Crippen LogP contribution is -2.35. The Morgan fingerprint density at radius 1 is 0.926 bits per heavy atom. The van der Waals surface area contributed by atoms with Crippen LogP contribution in [0.25, 0.3) is 0 Å². The van der Waals surface area contributed by atoms with Gasteiger partial charge in [0, 0.05) is 37.3 Å². The van der Waals surface area contributed by atoms with Crippen LogP contribution in [0.15, 0.2) is 0 Å². The van der Waals surface area contributed by atoms with E-state index in [-0.39, 0.29) is 0 Å². The zero-order valence-corrected chi connectivity index (χ0v) is 17.1. The highest BCUT2D eigenvalue weighted by molar-refractivity contribution is 5.48. The highest BCUT2D eigenvalue weighted by Gasteiger charge is 2.27. The van der Waals surface area contributed by atoms with E-state index in [4.69, 9.17) is 4.98 Å². The summed E-state index contributed by atoms with van der Waals surface area (Å²) in [7, 11) is 2.13. The van der Waals surface area contributed by atoms with Gasteiger partial charge in [0.2, 0.25) is 0 Å². The fourth-order valence-corrected chi connectivity index (χ4v) is 4.42. The van der Waals surface area contributed by atoms with E-state index in [1.807, 2.05) is 6.92 Å². The molecule has 2 aromatic rings. The maximum atomic E-state index is 4.71. The Hall–Kier alpha value is -2.02. The number of aryl methyl sites for hydroxylation is 2. The first-order valence-electron chi connectivity index (χ1n) is 10.2. The van der Waals surface area contributed by atoms with Crippen molar-refractivity contribution in [1.29, 1.82) is 0 Å². The third kappa shape index (κ3) is 3.70. The molecule has 7 nitrogen and oxygen atoms in total. The predicted octanol–water partition coefficient (Wildman–Crippen LogP) is 2.51. The zero-order chi connectivity index (χ0) is 19.0. The number of likely N-dealkylation sites (tertiary alicyclic amines) is 1. The average Bonchev–Trinajstić information content (AvgIpc) is 3.29. The number of aromatic nitrogens is 5. The van der Waals surface area contributed by atoms with E-state index in [9.17, 15) is 0 Å². The van der Waals surface area contributed by atoms with Gasteiger partial charge in [0.1, 0.15) is 23.3 Å². The van der Waals surface area contributed by atoms with Crippen LogP contribution in [-0.2, 0) is 13.6 Å². The second-order valence-electron chi connectivity index (χ2n) is 8.08. The number of rotatable bonds is 4. The van der Waals surface area contributed by atoms with Crippen molar-refractivity contribution in [3.8, 4) is 0 Å². The first-order chi connectivity index (χ1) is 13.0. The van der Waals surface area contributed by atoms with Crippen molar-refractivity contribution in [1.82, 2.24) is 29.6 Å². The predicted molar refractivity (Wildman–Crippen MR) is 106 cm³/mol. The van der Waals surface area contributed by atoms with E-state index in [2.05, 4.69) is 50.4 Å². The zero-order valence-electron chi connectivity index (χ0n) is 17.1. The van der Waals surface area contributed by atoms with Crippen molar-refractivity contribution < 1.29 is 0 Å². The SMILES string of the molecule is Cc1nc(C)c(C)c(N2CCC(c3nnc(CN4CCCC4)n3C)CC2)n1. The minimum Gasteiger partial charge on any atom is -0.356 e. The highest BCUT2D eigenvalue weighted by atomic mass is 15.3. The van der Waals surface area contributed by atoms with Crippen molar-refractivity contribution in [2.45, 2.75) is 58.9 Å². The van der Waals surface area contributed by atoms with Crippen LogP contribution in [0.2, 0.25) is 0 Å². The number of nitrogens with zero attached hydrogens (tertiary/aromatic N) is 7. The molecule has 27 heavy (non-hydrogen) atoms. The molecule has 2 aliphatic heterocycles. The quantitative estimate of drug-likeness (QED) is 0.825. The molecular weight excluding hydrogens is 338 g/mol. The molecule has 0 aromatic carbocycles. The Kier molecular flexibility index (Phi) is 5.12. The van der Waals surface area contributed by atoms with Crippen molar-refractivity contribution >= 4 is 5.82 Å². The molecule has 146 valence electrons. The van der Waals surface area contributed by atoms with Gasteiger partial charge >= 0.3 is 0 Å². The largest absolute Gasteiger partial charge is 0.356 e. The molecule has 0 radical (unpaired) electrons. The van der Waals surface area contributed by atoms with E-state index in [1.54, 1.807) is 0 Å². The van der Waals surface area contributed by atoms with Gasteiger partial charge in [-0.1, -0.05) is 0 Å². The van der Waals surface area contributed by atoms with E-state index >= 15 is 0 Å². The summed E-state index contributed by atoms with van der Waals surface area (Å²) in [4.78, 5) is 14.1. The summed E-state index contributed by atoms with van der Waals surface area (Å²) in [6.07, 6.45) is 4.81. The van der Waals surface area contributed by atoms with Gasteiger partial charge in [0.05, 0.1) is 6.54 Å². The smallest absolute Gasteiger partial charge is 0.146 e. The molecule has 2 saturated heterocycles. The normalized spacial score (nSPS) is 19.2. The average molecular weight is 370 g/mol. The Balaban J connectivity index is 1.43. The topological polar surface area (TPSA) is 63.0 Å². The summed E-state index contributed by atoms with van der Waals surface area (Å²) in [5, 5.41) is 9.07. The number of anilines is 1. The number of piperidine rings is 1. The second-order valence-corrected chi connectivity index (χ2v) is 8.08. The molecule has 0 amide bonds. The molecular formula is C20H31N7. The molecule has 0 saturated carbocycles. The molecule has 2 fully saturated rings. The van der Waals surface area contributed by atoms with Gasteiger partial charge < -0.3 is 9.47 Å². The summed E-state index contributed by atoms with van der Waals surface area (Å²) >= 11 is 0. The van der Waals surface area contributed by atoms with Gasteiger partial charge in [-0.15, -0.1) is 10.2 Å². The Bertz CT molecular complexity index is 799. The van der Waals surface area contributed by atoms with Crippen LogP contribution >= 0.6 is 0 Å². The first-order valence-corrected chi connectivity index (χ1v) is 10.2. The van der Waals surface area contributed by atoms with Gasteiger partial charge in [-0.3, -0.25) is 4.90 Å². The maximum Gasteiger partial charge on any atom is 0.146 e. The van der Waals surface area contributed by atoms with E-state index in [0.717, 1.165) is 61.5 Å². The highest BCUT2D eigenvalue weighted by Crippen LogP contribution is 2.30. The van der Waals surface area contributed by atoms with Crippen LogP contribution in [0, 0.1) is 20.8 Å². The van der Waals surface area contributed by atoms with Crippen molar-refractivity contribution in [3.63, 3.8) is 0 Å². The summed E-state index contributed by atoms with van der Waals surface area (Å²) in [6.45, 7) is 11.5. The molecule has 4 rings (SSSR count). The summed E-state index contributed by atoms with van der Waals surface area (Å²) < 4.78 is 2.24. The minimum atomic E-state index is 0.482. The third-order valence-corrected chi connectivity index (χ3v) is 6.20. The molecule has 2 aliphatic rings. The second kappa shape index (κ2) is 7.54. The lowest BCUT2D eigenvalue weighted by Gasteiger charge is -2.33. The number of hydrogen-bond donors (Lipinski definition) is 0. The molecule has 4 heterocycles. The van der Waals surface area contributed by atoms with Gasteiger partial charge in [-0.05, 0) is 59.5 Å². The van der Waals surface area contributed by atoms with Crippen LogP contribution in [0.3, 0.4) is 0 Å². The molecule has 2 aromatic heterocycles. The summed E-state index contributed by atoms with van der Waals surface area (Å²) in [6, 6.07) is 0. The van der Waals surface area contributed by atoms with Crippen molar-refractivity contribution in [2.75, 3.05) is 31.1 Å². The monoisotopic (exact) mass is 369 g/mol. The summed E-state index contributed by atoms with van der Waals surface area (Å²) in [5.41, 5.74) is 2.28. The fourth-order valence-electron chi connectivity index (χ4n) is 4.42. The molecule has 0 aliphatic carbocycles. The van der Waals surface area contributed by atoms with Crippen LogP contribution in [0.4, 0.5) is 5.82 Å². The molecule has 0 N–H and O–H groups in total. The maximum absolute atomic E-state index is 4.71. The standard InChI is InChI=1S/C20H31N7/c1-14-15(2)21-16(3)22-19(14)27-11-7-17(8-12-27)20-24-23-18(25(20)4)13-26-9-5-6-10-26/h17H,5-13H2,1-4H3. The molecule has 0 spiro atoms. The lowest BCUT2D eigenvalue weighted by molar-refractivity contribution is 0.317. The molecule has 0 bridgehead atoms. The van der Waals surface area contributed by atoms with E-state index < -0.39 is 0 Å². The van der Waals surface area contributed by atoms with Crippen LogP contribution in [-0.4, -0.2) is 55.8 Å². The van der Waals surface area contributed by atoms with E-state index in [0.29, 0.717) is 5.92 Å². The summed E-state index contributed by atoms with van der Waals surface area (Å²) in [5.74, 6) is 4.69. The van der Waals surface area contributed by atoms with Gasteiger partial charge in [-0.25, -0.2) is 9.97 Å². The van der Waals surface area contributed by atoms with Crippen LogP contribution in [0.5, 0.6) is 0 Å². The third-order valence-electron chi connectivity index (χ3n) is 6.20. The fraction of sp³-hybridized carbons (Fsp3) is 0.700. The van der Waals surface area contributed by atoms with Gasteiger partial charge in [0.15, 0.2) is 0 Å². The minimum absolute atomic E-state index is 0.482. The van der Waals surface area contributed by atoms with Crippen molar-refractivity contribution in [3.05, 3.63) is 28.7 Å². The lowest BCUT2D eigenvalue weighted by atomic mass is 9.95. The van der Waals surface area contributed by atoms with Gasteiger partial charge in [0.25, 0.3) is 0 Å². The first kappa shape index (κ1) is 18.3. The molecule has 7 heteroatoms. The Labute approximate surface area is 161 Å². The molecule has 0 unspecified atom stereocenters. The van der Waals surface area contributed by atoms with Crippen LogP contribution < -0.4 is 4.90 Å². The Morgan fingerprint density at radius 3 is 2.33 bits per heavy atom. The van der Waals surface area contributed by atoms with E-state index in [1.165, 1.54) is 31.5 Å². The molecule has 0 atom stereocenters. The van der Waals surface area contributed by atoms with Gasteiger partial charge in [-0.2, -0.15) is 0 Å². The van der Waals surface area contributed by atoms with Crippen LogP contribution in [0.1, 0.15) is 60.3 Å². The number of hydrogen-bond acceptors (Lipinski definition) is 6.